The molecule has 4 heterocycles. The van der Waals surface area contributed by atoms with Crippen LogP contribution >= 0.6 is 22.9 Å². The lowest BCUT2D eigenvalue weighted by atomic mass is 9.80. The number of amides is 1. The van der Waals surface area contributed by atoms with E-state index in [1.54, 1.807) is 5.51 Å². The van der Waals surface area contributed by atoms with Crippen molar-refractivity contribution in [2.45, 2.75) is 31.3 Å². The number of aromatic nitrogens is 1. The van der Waals surface area contributed by atoms with Gasteiger partial charge in [0.05, 0.1) is 36.6 Å². The first kappa shape index (κ1) is 24.2. The fraction of sp³-hybridized carbons (Fsp3) is 0.360. The smallest absolute Gasteiger partial charge is 0.413 e. The number of hydrogen-bond donors (Lipinski definition) is 1. The molecule has 6 rings (SSSR count). The Morgan fingerprint density at radius 3 is 2.52 bits per heavy atom. The molecule has 33 heavy (non-hydrogen) atoms. The van der Waals surface area contributed by atoms with E-state index in [-0.39, 0.29) is 22.6 Å². The van der Waals surface area contributed by atoms with E-state index in [1.807, 2.05) is 24.3 Å². The lowest BCUT2D eigenvalue weighted by molar-refractivity contribution is -0.944. The highest BCUT2D eigenvalue weighted by Crippen LogP contribution is 2.40. The van der Waals surface area contributed by atoms with Gasteiger partial charge in [-0.25, -0.2) is 9.78 Å². The molecule has 5 nitrogen and oxygen atoms in total. The third-order valence-corrected chi connectivity index (χ3v) is 8.14. The van der Waals surface area contributed by atoms with E-state index in [0.717, 1.165) is 66.8 Å². The number of benzene rings is 2. The van der Waals surface area contributed by atoms with E-state index >= 15 is 0 Å². The van der Waals surface area contributed by atoms with Crippen molar-refractivity contribution in [2.75, 3.05) is 31.5 Å². The Hall–Kier alpha value is -1.93. The molecule has 1 aromatic heterocycles. The molecule has 0 aliphatic carbocycles. The van der Waals surface area contributed by atoms with Gasteiger partial charge < -0.3 is 26.2 Å². The number of ether oxygens (including phenoxy) is 1. The maximum absolute atomic E-state index is 12.8. The Bertz CT molecular complexity index is 1080. The van der Waals surface area contributed by atoms with Gasteiger partial charge >= 0.3 is 6.09 Å². The number of carbonyl (C=O) groups excluding carboxylic acids is 1. The first-order chi connectivity index (χ1) is 15.5. The number of piperidine rings is 3. The second kappa shape index (κ2) is 10.1. The molecule has 3 aromatic rings. The highest BCUT2D eigenvalue weighted by Gasteiger charge is 2.51. The van der Waals surface area contributed by atoms with Crippen LogP contribution in [0.25, 0.3) is 10.4 Å². The molecule has 0 spiro atoms. The zero-order chi connectivity index (χ0) is 22.0. The Kier molecular flexibility index (Phi) is 7.43. The number of fused-ring (bicyclic) bond motifs is 3. The maximum Gasteiger partial charge on any atom is 0.413 e. The topological polar surface area (TPSA) is 51.2 Å². The molecule has 0 atom stereocenters. The fourth-order valence-electron chi connectivity index (χ4n) is 5.02. The molecule has 0 saturated carbocycles. The molecule has 1 amide bonds. The first-order valence-corrected chi connectivity index (χ1v) is 12.4. The number of anilines is 1. The summed E-state index contributed by atoms with van der Waals surface area (Å²) >= 11 is 7.60. The summed E-state index contributed by atoms with van der Waals surface area (Å²) in [5, 5.41) is 3.53. The van der Waals surface area contributed by atoms with Crippen molar-refractivity contribution in [3.63, 3.8) is 0 Å². The summed E-state index contributed by atoms with van der Waals surface area (Å²) in [4.78, 5) is 18.0. The van der Waals surface area contributed by atoms with E-state index in [0.29, 0.717) is 10.8 Å². The Morgan fingerprint density at radius 2 is 1.82 bits per heavy atom. The van der Waals surface area contributed by atoms with Crippen LogP contribution in [0.2, 0.25) is 5.02 Å². The molecule has 2 aromatic carbocycles. The van der Waals surface area contributed by atoms with Gasteiger partial charge in [-0.2, -0.15) is 0 Å². The number of hydrogen-bond acceptors (Lipinski definition) is 4. The van der Waals surface area contributed by atoms with E-state index in [4.69, 9.17) is 16.3 Å². The monoisotopic (exact) mass is 547 g/mol. The summed E-state index contributed by atoms with van der Waals surface area (Å²) in [6, 6.07) is 18.3. The predicted octanol–water partition coefficient (Wildman–Crippen LogP) is 3.01. The second-order valence-corrected chi connectivity index (χ2v) is 10.3. The van der Waals surface area contributed by atoms with Gasteiger partial charge in [-0.1, -0.05) is 54.1 Å². The Balaban J connectivity index is 0.00000259. The van der Waals surface area contributed by atoms with Gasteiger partial charge in [0.15, 0.2) is 5.82 Å². The van der Waals surface area contributed by atoms with Crippen molar-refractivity contribution in [1.82, 2.24) is 4.98 Å². The van der Waals surface area contributed by atoms with Crippen LogP contribution in [0.1, 0.15) is 24.8 Å². The van der Waals surface area contributed by atoms with Gasteiger partial charge in [-0.05, 0) is 23.3 Å². The van der Waals surface area contributed by atoms with Crippen LogP contribution in [-0.4, -0.2) is 47.3 Å². The number of halogens is 2. The quantitative estimate of drug-likeness (QED) is 0.482. The molecule has 8 heteroatoms. The van der Waals surface area contributed by atoms with E-state index in [2.05, 4.69) is 40.6 Å². The van der Waals surface area contributed by atoms with E-state index < -0.39 is 6.09 Å². The van der Waals surface area contributed by atoms with Crippen molar-refractivity contribution >= 4 is 34.8 Å². The molecule has 3 aliphatic rings. The van der Waals surface area contributed by atoms with E-state index in [1.165, 1.54) is 16.9 Å². The van der Waals surface area contributed by atoms with Crippen LogP contribution in [0.15, 0.2) is 60.1 Å². The number of nitrogens with one attached hydrogen (secondary N) is 1. The predicted molar refractivity (Wildman–Crippen MR) is 129 cm³/mol. The van der Waals surface area contributed by atoms with Crippen LogP contribution in [-0.2, 0) is 11.2 Å². The molecular weight excluding hydrogens is 522 g/mol. The van der Waals surface area contributed by atoms with Gasteiger partial charge in [-0.15, -0.1) is 11.3 Å². The minimum absolute atomic E-state index is 0. The van der Waals surface area contributed by atoms with Crippen molar-refractivity contribution in [3.8, 4) is 10.4 Å². The van der Waals surface area contributed by atoms with Crippen LogP contribution in [0.3, 0.4) is 0 Å². The van der Waals surface area contributed by atoms with Crippen LogP contribution in [0.5, 0.6) is 0 Å². The largest absolute Gasteiger partial charge is 1.00 e. The molecule has 3 fully saturated rings. The zero-order valence-electron chi connectivity index (χ0n) is 18.3. The summed E-state index contributed by atoms with van der Waals surface area (Å²) in [7, 11) is 0. The summed E-state index contributed by atoms with van der Waals surface area (Å²) in [6.07, 6.45) is 3.46. The molecular formula is C25H27BrClN3O2S. The highest BCUT2D eigenvalue weighted by atomic mass is 79.9. The lowest BCUT2D eigenvalue weighted by Crippen LogP contribution is -3.00. The third-order valence-electron chi connectivity index (χ3n) is 7.03. The van der Waals surface area contributed by atoms with Gasteiger partial charge in [0.1, 0.15) is 5.60 Å². The summed E-state index contributed by atoms with van der Waals surface area (Å²) < 4.78 is 7.19. The SMILES string of the molecule is O=C(Nc1ncsc1-c1cccc(Cl)c1)OC12CC[N+](CCc3ccccc3)(CC1)CC2.[Br-]. The van der Waals surface area contributed by atoms with Crippen molar-refractivity contribution in [2.24, 2.45) is 0 Å². The summed E-state index contributed by atoms with van der Waals surface area (Å²) in [5.41, 5.74) is 3.72. The van der Waals surface area contributed by atoms with Crippen molar-refractivity contribution < 1.29 is 31.0 Å². The minimum atomic E-state index is -0.412. The minimum Gasteiger partial charge on any atom is -1.00 e. The summed E-state index contributed by atoms with van der Waals surface area (Å²) in [5.74, 6) is 0.526. The molecule has 1 N–H and O–H groups in total. The Labute approximate surface area is 214 Å². The van der Waals surface area contributed by atoms with Gasteiger partial charge in [-0.3, -0.25) is 5.32 Å². The van der Waals surface area contributed by atoms with Gasteiger partial charge in [0, 0.05) is 30.7 Å². The molecule has 0 unspecified atom stereocenters. The maximum atomic E-state index is 12.8. The van der Waals surface area contributed by atoms with Crippen molar-refractivity contribution in [3.05, 3.63) is 70.7 Å². The molecule has 3 saturated heterocycles. The normalized spacial score (nSPS) is 23.5. The number of thiazole rings is 1. The van der Waals surface area contributed by atoms with Crippen LogP contribution in [0.4, 0.5) is 10.6 Å². The molecule has 0 radical (unpaired) electrons. The third kappa shape index (κ3) is 5.43. The fourth-order valence-corrected chi connectivity index (χ4v) is 5.95. The molecule has 2 bridgehead atoms. The lowest BCUT2D eigenvalue weighted by Gasteiger charge is -2.54. The average Bonchev–Trinajstić information content (AvgIpc) is 3.27. The van der Waals surface area contributed by atoms with Crippen LogP contribution in [0, 0.1) is 0 Å². The Morgan fingerprint density at radius 1 is 1.09 bits per heavy atom. The van der Waals surface area contributed by atoms with Crippen LogP contribution < -0.4 is 22.3 Å². The number of quaternary nitrogens is 1. The second-order valence-electron chi connectivity index (χ2n) is 8.96. The number of rotatable bonds is 6. The van der Waals surface area contributed by atoms with E-state index in [9.17, 15) is 4.79 Å². The van der Waals surface area contributed by atoms with Gasteiger partial charge in [0.25, 0.3) is 0 Å². The summed E-state index contributed by atoms with van der Waals surface area (Å²) in [6.45, 7) is 4.38. The van der Waals surface area contributed by atoms with Crippen molar-refractivity contribution in [1.29, 1.82) is 0 Å². The average molecular weight is 549 g/mol. The standard InChI is InChI=1S/C25H26ClN3O2S.BrH/c26-21-8-4-7-20(17-21)22-23(27-18-32-22)28-24(30)31-25-10-14-29(15-11-25,16-12-25)13-9-19-5-2-1-3-6-19;/h1-8,17-18H,9-16H2;1H. The highest BCUT2D eigenvalue weighted by molar-refractivity contribution is 7.13. The zero-order valence-corrected chi connectivity index (χ0v) is 21.5. The van der Waals surface area contributed by atoms with Gasteiger partial charge in [0.2, 0.25) is 0 Å². The number of nitrogens with zero attached hydrogens (tertiary/aromatic N) is 2. The first-order valence-electron chi connectivity index (χ1n) is 11.1. The number of carbonyl (C=O) groups is 1. The molecule has 3 aliphatic heterocycles. The molecule has 174 valence electrons.